The Kier molecular flexibility index (Phi) is 7.61. The van der Waals surface area contributed by atoms with Crippen LogP contribution in [0.2, 0.25) is 0 Å². The number of hydrogen-bond acceptors (Lipinski definition) is 9. The maximum atomic E-state index is 12.6. The van der Waals surface area contributed by atoms with Crippen molar-refractivity contribution >= 4 is 23.2 Å². The molecule has 10 heteroatoms. The number of carbonyl (C=O) groups is 2. The van der Waals surface area contributed by atoms with Crippen molar-refractivity contribution in [3.05, 3.63) is 64.9 Å². The molecule has 2 N–H and O–H groups in total. The molecule has 1 unspecified atom stereocenters. The molecule has 0 aliphatic heterocycles. The van der Waals surface area contributed by atoms with Gasteiger partial charge < -0.3 is 24.6 Å². The summed E-state index contributed by atoms with van der Waals surface area (Å²) in [5.74, 6) is -1.13. The second-order valence-electron chi connectivity index (χ2n) is 6.77. The zero-order chi connectivity index (χ0) is 23.1. The molecule has 3 atom stereocenters. The number of benzene rings is 1. The van der Waals surface area contributed by atoms with E-state index in [-0.39, 0.29) is 11.4 Å². The molecule has 0 bridgehead atoms. The highest BCUT2D eigenvalue weighted by atomic mass is 32.1. The summed E-state index contributed by atoms with van der Waals surface area (Å²) >= 11 is 1.38. The van der Waals surface area contributed by atoms with Gasteiger partial charge in [-0.05, 0) is 26.0 Å². The average molecular weight is 458 g/mol. The average Bonchev–Trinajstić information content (AvgIpc) is 3.32. The number of rotatable bonds is 9. The summed E-state index contributed by atoms with van der Waals surface area (Å²) in [5, 5.41) is 15.0. The third-order valence-electron chi connectivity index (χ3n) is 4.45. The minimum Gasteiger partial charge on any atom is -0.503 e. The van der Waals surface area contributed by atoms with Crippen molar-refractivity contribution in [3.63, 3.8) is 0 Å². The molecule has 3 rings (SSSR count). The fraction of sp³-hybridized carbons (Fsp3) is 0.273. The quantitative estimate of drug-likeness (QED) is 0.470. The van der Waals surface area contributed by atoms with Gasteiger partial charge >= 0.3 is 5.97 Å². The van der Waals surface area contributed by atoms with Crippen molar-refractivity contribution < 1.29 is 28.9 Å². The number of aromatic hydroxyl groups is 1. The van der Waals surface area contributed by atoms with Gasteiger partial charge in [0.2, 0.25) is 0 Å². The summed E-state index contributed by atoms with van der Waals surface area (Å²) in [6.07, 6.45) is 1.63. The molecule has 0 saturated carbocycles. The van der Waals surface area contributed by atoms with Gasteiger partial charge in [-0.15, -0.1) is 11.3 Å². The number of nitrogens with one attached hydrogen (secondary N) is 1. The van der Waals surface area contributed by atoms with Gasteiger partial charge in [0, 0.05) is 23.8 Å². The van der Waals surface area contributed by atoms with E-state index in [1.807, 2.05) is 23.6 Å². The highest BCUT2D eigenvalue weighted by Crippen LogP contribution is 2.29. The number of pyridine rings is 1. The largest absolute Gasteiger partial charge is 0.503 e. The van der Waals surface area contributed by atoms with Crippen molar-refractivity contribution in [1.29, 1.82) is 0 Å². The number of carbonyl (C=O) groups excluding carboxylic acids is 2. The Bertz CT molecular complexity index is 1050. The molecule has 0 saturated heterocycles. The summed E-state index contributed by atoms with van der Waals surface area (Å²) in [4.78, 5) is 33.2. The molecule has 0 aliphatic carbocycles. The Balaban J connectivity index is 1.67. The zero-order valence-electron chi connectivity index (χ0n) is 17.7. The van der Waals surface area contributed by atoms with E-state index in [1.54, 1.807) is 25.3 Å². The lowest BCUT2D eigenvalue weighted by molar-refractivity contribution is -0.154. The number of hydrogen-bond donors (Lipinski definition) is 2. The summed E-state index contributed by atoms with van der Waals surface area (Å²) in [6.45, 7) is 3.16. The number of esters is 1. The van der Waals surface area contributed by atoms with E-state index in [2.05, 4.69) is 15.3 Å². The van der Waals surface area contributed by atoms with E-state index in [4.69, 9.17) is 14.2 Å². The Morgan fingerprint density at radius 2 is 1.84 bits per heavy atom. The number of ether oxygens (including phenoxy) is 3. The molecule has 1 amide bonds. The minimum absolute atomic E-state index is 0.0957. The van der Waals surface area contributed by atoms with E-state index < -0.39 is 35.9 Å². The van der Waals surface area contributed by atoms with Crippen LogP contribution in [0.1, 0.15) is 35.4 Å². The molecule has 2 aromatic heterocycles. The van der Waals surface area contributed by atoms with Crippen molar-refractivity contribution in [3.8, 4) is 17.2 Å². The predicted octanol–water partition coefficient (Wildman–Crippen LogP) is 3.12. The number of aromatic nitrogens is 2. The van der Waals surface area contributed by atoms with E-state index in [0.29, 0.717) is 10.8 Å². The molecule has 32 heavy (non-hydrogen) atoms. The van der Waals surface area contributed by atoms with Crippen molar-refractivity contribution in [2.75, 3.05) is 7.11 Å². The molecule has 0 fully saturated rings. The van der Waals surface area contributed by atoms with Gasteiger partial charge in [-0.1, -0.05) is 18.2 Å². The van der Waals surface area contributed by atoms with Crippen LogP contribution in [0, 0.1) is 0 Å². The van der Waals surface area contributed by atoms with Gasteiger partial charge in [0.05, 0.1) is 7.11 Å². The maximum absolute atomic E-state index is 12.6. The second-order valence-corrected chi connectivity index (χ2v) is 7.70. The molecule has 9 nitrogen and oxygen atoms in total. The summed E-state index contributed by atoms with van der Waals surface area (Å²) < 4.78 is 16.6. The first-order valence-corrected chi connectivity index (χ1v) is 10.6. The van der Waals surface area contributed by atoms with Crippen LogP contribution >= 0.6 is 11.3 Å². The summed E-state index contributed by atoms with van der Waals surface area (Å²) in [6, 6.07) is 9.54. The Labute approximate surface area is 189 Å². The van der Waals surface area contributed by atoms with E-state index in [9.17, 15) is 14.7 Å². The number of amides is 1. The molecule has 168 valence electrons. The van der Waals surface area contributed by atoms with Crippen LogP contribution in [-0.4, -0.2) is 46.2 Å². The maximum Gasteiger partial charge on any atom is 0.328 e. The fourth-order valence-electron chi connectivity index (χ4n) is 2.81. The number of para-hydroxylation sites is 1. The second kappa shape index (κ2) is 10.6. The van der Waals surface area contributed by atoms with Gasteiger partial charge in [0.1, 0.15) is 22.9 Å². The van der Waals surface area contributed by atoms with E-state index in [1.165, 1.54) is 37.6 Å². The van der Waals surface area contributed by atoms with Crippen LogP contribution in [-0.2, 0) is 9.53 Å². The third kappa shape index (κ3) is 5.52. The SMILES string of the molecule is COc1ccnc(C(=O)N[C@@H](C)C(=O)O[C@@H](C)C(Oc2ccccc2)c2nccs2)c1O. The minimum atomic E-state index is -1.01. The van der Waals surface area contributed by atoms with Gasteiger partial charge in [0.15, 0.2) is 23.3 Å². The molecule has 3 aromatic rings. The smallest absolute Gasteiger partial charge is 0.328 e. The van der Waals surface area contributed by atoms with Crippen molar-refractivity contribution in [1.82, 2.24) is 15.3 Å². The molecule has 0 spiro atoms. The van der Waals surface area contributed by atoms with Crippen molar-refractivity contribution in [2.45, 2.75) is 32.1 Å². The van der Waals surface area contributed by atoms with Crippen LogP contribution in [0.3, 0.4) is 0 Å². The molecule has 2 heterocycles. The van der Waals surface area contributed by atoms with Crippen LogP contribution < -0.4 is 14.8 Å². The van der Waals surface area contributed by atoms with Crippen LogP contribution in [0.4, 0.5) is 0 Å². The highest BCUT2D eigenvalue weighted by molar-refractivity contribution is 7.09. The topological polar surface area (TPSA) is 120 Å². The predicted molar refractivity (Wildman–Crippen MR) is 117 cm³/mol. The number of methoxy groups -OCH3 is 1. The highest BCUT2D eigenvalue weighted by Gasteiger charge is 2.30. The molecular formula is C22H23N3O6S. The fourth-order valence-corrected chi connectivity index (χ4v) is 3.56. The summed E-state index contributed by atoms with van der Waals surface area (Å²) in [7, 11) is 1.36. The van der Waals surface area contributed by atoms with Gasteiger partial charge in [0.25, 0.3) is 5.91 Å². The first-order chi connectivity index (χ1) is 15.4. The summed E-state index contributed by atoms with van der Waals surface area (Å²) in [5.41, 5.74) is -0.259. The number of nitrogens with zero attached hydrogens (tertiary/aromatic N) is 2. The number of thiazole rings is 1. The lowest BCUT2D eigenvalue weighted by Crippen LogP contribution is -2.42. The first-order valence-electron chi connectivity index (χ1n) is 9.75. The van der Waals surface area contributed by atoms with Crippen LogP contribution in [0.5, 0.6) is 17.2 Å². The third-order valence-corrected chi connectivity index (χ3v) is 5.29. The van der Waals surface area contributed by atoms with E-state index in [0.717, 1.165) is 0 Å². The Morgan fingerprint density at radius 1 is 1.09 bits per heavy atom. The van der Waals surface area contributed by atoms with Crippen molar-refractivity contribution in [2.24, 2.45) is 0 Å². The van der Waals surface area contributed by atoms with Gasteiger partial charge in [-0.3, -0.25) is 4.79 Å². The van der Waals surface area contributed by atoms with E-state index >= 15 is 0 Å². The normalized spacial score (nSPS) is 13.5. The lowest BCUT2D eigenvalue weighted by Gasteiger charge is -2.25. The molecule has 0 aliphatic rings. The first kappa shape index (κ1) is 23.0. The lowest BCUT2D eigenvalue weighted by atomic mass is 10.2. The van der Waals surface area contributed by atoms with Gasteiger partial charge in [-0.2, -0.15) is 0 Å². The Hall–Kier alpha value is -3.66. The standard InChI is InChI=1S/C22H23N3O6S/c1-13(25-20(27)17-18(26)16(29-3)9-10-23-17)22(28)30-14(2)19(21-24-11-12-32-21)31-15-7-5-4-6-8-15/h4-14,19,26H,1-3H3,(H,25,27)/t13-,14-,19?/m0/s1. The molecule has 1 aromatic carbocycles. The van der Waals surface area contributed by atoms with Crippen LogP contribution in [0.25, 0.3) is 0 Å². The monoisotopic (exact) mass is 457 g/mol. The Morgan fingerprint density at radius 3 is 2.50 bits per heavy atom. The molecular weight excluding hydrogens is 434 g/mol. The zero-order valence-corrected chi connectivity index (χ0v) is 18.5. The van der Waals surface area contributed by atoms with Gasteiger partial charge in [-0.25, -0.2) is 14.8 Å². The van der Waals surface area contributed by atoms with Crippen LogP contribution in [0.15, 0.2) is 54.2 Å². The molecule has 0 radical (unpaired) electrons.